The highest BCUT2D eigenvalue weighted by Crippen LogP contribution is 2.12. The molecule has 0 aliphatic heterocycles. The molecular formula is C11H17NO. The summed E-state index contributed by atoms with van der Waals surface area (Å²) in [5.74, 6) is 0.680. The average molecular weight is 179 g/mol. The lowest BCUT2D eigenvalue weighted by Gasteiger charge is -2.08. The standard InChI is InChI=1S/C11H17NO/c1-7(2)9-6-12-10(8(3)4)5-11(9)13/h5-8H,1-4H3,(H,12,13). The van der Waals surface area contributed by atoms with Crippen molar-refractivity contribution in [1.29, 1.82) is 0 Å². The summed E-state index contributed by atoms with van der Waals surface area (Å²) < 4.78 is 0. The summed E-state index contributed by atoms with van der Waals surface area (Å²) in [6.07, 6.45) is 1.84. The number of hydrogen-bond acceptors (Lipinski definition) is 1. The summed E-state index contributed by atoms with van der Waals surface area (Å²) in [6, 6.07) is 1.71. The summed E-state index contributed by atoms with van der Waals surface area (Å²) in [4.78, 5) is 14.7. The summed E-state index contributed by atoms with van der Waals surface area (Å²) in [5, 5.41) is 0. The molecule has 1 heterocycles. The first-order valence-electron chi connectivity index (χ1n) is 4.75. The molecule has 0 bridgehead atoms. The Morgan fingerprint density at radius 1 is 1.15 bits per heavy atom. The summed E-state index contributed by atoms with van der Waals surface area (Å²) in [5.41, 5.74) is 2.02. The molecule has 72 valence electrons. The molecule has 0 radical (unpaired) electrons. The Labute approximate surface area is 79.0 Å². The Hall–Kier alpha value is -1.05. The van der Waals surface area contributed by atoms with Gasteiger partial charge >= 0.3 is 0 Å². The maximum atomic E-state index is 11.6. The van der Waals surface area contributed by atoms with Crippen molar-refractivity contribution in [3.05, 3.63) is 33.7 Å². The lowest BCUT2D eigenvalue weighted by molar-refractivity contribution is 0.795. The number of pyridine rings is 1. The molecule has 2 nitrogen and oxygen atoms in total. The van der Waals surface area contributed by atoms with Crippen LogP contribution in [0.3, 0.4) is 0 Å². The Morgan fingerprint density at radius 3 is 2.15 bits per heavy atom. The van der Waals surface area contributed by atoms with Gasteiger partial charge in [0.15, 0.2) is 5.43 Å². The van der Waals surface area contributed by atoms with E-state index in [1.807, 2.05) is 20.0 Å². The molecule has 1 aromatic rings. The van der Waals surface area contributed by atoms with Crippen molar-refractivity contribution in [3.63, 3.8) is 0 Å². The quantitative estimate of drug-likeness (QED) is 0.743. The normalized spacial score (nSPS) is 11.2. The molecule has 0 amide bonds. The molecule has 0 aliphatic carbocycles. The maximum absolute atomic E-state index is 11.6. The zero-order valence-electron chi connectivity index (χ0n) is 8.72. The van der Waals surface area contributed by atoms with Crippen LogP contribution >= 0.6 is 0 Å². The van der Waals surface area contributed by atoms with Gasteiger partial charge in [-0.05, 0) is 11.8 Å². The smallest absolute Gasteiger partial charge is 0.185 e. The van der Waals surface area contributed by atoms with Gasteiger partial charge in [0.2, 0.25) is 0 Å². The highest BCUT2D eigenvalue weighted by atomic mass is 16.1. The number of rotatable bonds is 2. The highest BCUT2D eigenvalue weighted by molar-refractivity contribution is 5.19. The van der Waals surface area contributed by atoms with E-state index >= 15 is 0 Å². The van der Waals surface area contributed by atoms with Gasteiger partial charge in [-0.25, -0.2) is 0 Å². The molecule has 1 rings (SSSR count). The van der Waals surface area contributed by atoms with Gasteiger partial charge in [0.25, 0.3) is 0 Å². The van der Waals surface area contributed by atoms with Crippen LogP contribution in [0.5, 0.6) is 0 Å². The Kier molecular flexibility index (Phi) is 2.91. The van der Waals surface area contributed by atoms with E-state index in [0.717, 1.165) is 11.3 Å². The van der Waals surface area contributed by atoms with Gasteiger partial charge in [-0.2, -0.15) is 0 Å². The number of nitrogens with one attached hydrogen (secondary N) is 1. The van der Waals surface area contributed by atoms with E-state index in [1.165, 1.54) is 0 Å². The summed E-state index contributed by atoms with van der Waals surface area (Å²) >= 11 is 0. The molecule has 0 aliphatic rings. The molecule has 0 saturated carbocycles. The lowest BCUT2D eigenvalue weighted by atomic mass is 10.0. The van der Waals surface area contributed by atoms with Crippen molar-refractivity contribution in [2.75, 3.05) is 0 Å². The van der Waals surface area contributed by atoms with E-state index in [1.54, 1.807) is 6.07 Å². The number of H-pyrrole nitrogens is 1. The lowest BCUT2D eigenvalue weighted by Crippen LogP contribution is -2.12. The van der Waals surface area contributed by atoms with E-state index in [2.05, 4.69) is 18.8 Å². The molecule has 0 aromatic carbocycles. The van der Waals surface area contributed by atoms with E-state index in [0.29, 0.717) is 11.8 Å². The van der Waals surface area contributed by atoms with Crippen LogP contribution in [0.2, 0.25) is 0 Å². The molecule has 13 heavy (non-hydrogen) atoms. The fourth-order valence-electron chi connectivity index (χ4n) is 1.28. The minimum absolute atomic E-state index is 0.150. The van der Waals surface area contributed by atoms with Crippen LogP contribution in [0.15, 0.2) is 17.1 Å². The van der Waals surface area contributed by atoms with Crippen molar-refractivity contribution in [2.24, 2.45) is 0 Å². The molecule has 1 N–H and O–H groups in total. The second-order valence-electron chi connectivity index (χ2n) is 4.02. The fraction of sp³-hybridized carbons (Fsp3) is 0.545. The Bertz CT molecular complexity index is 336. The zero-order chi connectivity index (χ0) is 10.0. The second kappa shape index (κ2) is 3.77. The van der Waals surface area contributed by atoms with E-state index in [4.69, 9.17) is 0 Å². The van der Waals surface area contributed by atoms with E-state index in [-0.39, 0.29) is 5.43 Å². The topological polar surface area (TPSA) is 32.9 Å². The predicted molar refractivity (Wildman–Crippen MR) is 55.2 cm³/mol. The van der Waals surface area contributed by atoms with Gasteiger partial charge in [0.05, 0.1) is 0 Å². The van der Waals surface area contributed by atoms with Crippen LogP contribution in [0.4, 0.5) is 0 Å². The first-order valence-corrected chi connectivity index (χ1v) is 4.75. The van der Waals surface area contributed by atoms with Crippen LogP contribution in [-0.4, -0.2) is 4.98 Å². The first-order chi connectivity index (χ1) is 6.02. The van der Waals surface area contributed by atoms with Gasteiger partial charge in [-0.1, -0.05) is 27.7 Å². The molecule has 1 aromatic heterocycles. The third kappa shape index (κ3) is 2.20. The number of hydrogen-bond donors (Lipinski definition) is 1. The van der Waals surface area contributed by atoms with Crippen LogP contribution in [0, 0.1) is 0 Å². The average Bonchev–Trinajstić information content (AvgIpc) is 2.03. The van der Waals surface area contributed by atoms with Crippen LogP contribution in [-0.2, 0) is 0 Å². The van der Waals surface area contributed by atoms with Crippen LogP contribution < -0.4 is 5.43 Å². The first kappa shape index (κ1) is 10.0. The SMILES string of the molecule is CC(C)c1cc(=O)c(C(C)C)c[nH]1. The molecule has 0 saturated heterocycles. The van der Waals surface area contributed by atoms with Gasteiger partial charge in [0.1, 0.15) is 0 Å². The van der Waals surface area contributed by atoms with Gasteiger partial charge in [0, 0.05) is 23.5 Å². The minimum Gasteiger partial charge on any atom is -0.364 e. The predicted octanol–water partition coefficient (Wildman–Crippen LogP) is 2.62. The van der Waals surface area contributed by atoms with Gasteiger partial charge < -0.3 is 4.98 Å². The fourth-order valence-corrected chi connectivity index (χ4v) is 1.28. The van der Waals surface area contributed by atoms with Crippen molar-refractivity contribution < 1.29 is 0 Å². The monoisotopic (exact) mass is 179 g/mol. The molecule has 0 fully saturated rings. The third-order valence-electron chi connectivity index (χ3n) is 2.21. The summed E-state index contributed by atoms with van der Waals surface area (Å²) in [6.45, 7) is 8.19. The van der Waals surface area contributed by atoms with E-state index < -0.39 is 0 Å². The summed E-state index contributed by atoms with van der Waals surface area (Å²) in [7, 11) is 0. The van der Waals surface area contributed by atoms with Crippen molar-refractivity contribution >= 4 is 0 Å². The second-order valence-corrected chi connectivity index (χ2v) is 4.02. The largest absolute Gasteiger partial charge is 0.364 e. The molecular weight excluding hydrogens is 162 g/mol. The molecule has 0 spiro atoms. The molecule has 0 unspecified atom stereocenters. The number of aromatic nitrogens is 1. The molecule has 0 atom stereocenters. The zero-order valence-corrected chi connectivity index (χ0v) is 8.72. The maximum Gasteiger partial charge on any atom is 0.185 e. The minimum atomic E-state index is 0.150. The van der Waals surface area contributed by atoms with Crippen LogP contribution in [0.25, 0.3) is 0 Å². The highest BCUT2D eigenvalue weighted by Gasteiger charge is 2.06. The number of aromatic amines is 1. The van der Waals surface area contributed by atoms with Crippen molar-refractivity contribution in [1.82, 2.24) is 4.98 Å². The van der Waals surface area contributed by atoms with Crippen molar-refractivity contribution in [3.8, 4) is 0 Å². The third-order valence-corrected chi connectivity index (χ3v) is 2.21. The van der Waals surface area contributed by atoms with Crippen LogP contribution in [0.1, 0.15) is 50.8 Å². The van der Waals surface area contributed by atoms with E-state index in [9.17, 15) is 4.79 Å². The van der Waals surface area contributed by atoms with Crippen molar-refractivity contribution in [2.45, 2.75) is 39.5 Å². The van der Waals surface area contributed by atoms with Gasteiger partial charge in [-0.3, -0.25) is 4.79 Å². The van der Waals surface area contributed by atoms with Gasteiger partial charge in [-0.15, -0.1) is 0 Å². The molecule has 2 heteroatoms. The Morgan fingerprint density at radius 2 is 1.77 bits per heavy atom. The Balaban J connectivity index is 3.14.